The van der Waals surface area contributed by atoms with Gasteiger partial charge in [-0.2, -0.15) is 0 Å². The molecule has 0 amide bonds. The van der Waals surface area contributed by atoms with Crippen LogP contribution in [0, 0.1) is 5.92 Å². The Morgan fingerprint density at radius 1 is 1.25 bits per heavy atom. The number of halogens is 1. The lowest BCUT2D eigenvalue weighted by molar-refractivity contribution is 0.307. The van der Waals surface area contributed by atoms with E-state index >= 15 is 0 Å². The molecule has 5 nitrogen and oxygen atoms in total. The van der Waals surface area contributed by atoms with Crippen LogP contribution >= 0.6 is 11.6 Å². The van der Waals surface area contributed by atoms with Gasteiger partial charge in [0, 0.05) is 22.8 Å². The van der Waals surface area contributed by atoms with E-state index in [4.69, 9.17) is 17.3 Å². The minimum atomic E-state index is 0.640. The van der Waals surface area contributed by atoms with E-state index in [1.54, 1.807) is 12.1 Å². The number of aromatic nitrogens is 4. The van der Waals surface area contributed by atoms with Crippen LogP contribution in [0.3, 0.4) is 0 Å². The van der Waals surface area contributed by atoms with Gasteiger partial charge in [0.1, 0.15) is 0 Å². The maximum Gasteiger partial charge on any atom is 0.184 e. The van der Waals surface area contributed by atoms with Gasteiger partial charge in [0.15, 0.2) is 5.82 Å². The van der Waals surface area contributed by atoms with Crippen LogP contribution in [0.1, 0.15) is 32.1 Å². The molecular weight excluding hydrogens is 274 g/mol. The number of rotatable bonds is 3. The molecule has 0 atom stereocenters. The molecule has 6 heteroatoms. The van der Waals surface area contributed by atoms with Crippen LogP contribution in [0.2, 0.25) is 5.02 Å². The maximum absolute atomic E-state index is 6.04. The number of anilines is 1. The van der Waals surface area contributed by atoms with E-state index in [0.717, 1.165) is 12.1 Å². The van der Waals surface area contributed by atoms with Crippen LogP contribution in [-0.4, -0.2) is 20.2 Å². The normalized spacial score (nSPS) is 16.4. The molecule has 1 fully saturated rings. The van der Waals surface area contributed by atoms with Crippen molar-refractivity contribution in [3.8, 4) is 11.4 Å². The van der Waals surface area contributed by atoms with Crippen LogP contribution in [0.15, 0.2) is 18.2 Å². The average molecular weight is 292 g/mol. The molecule has 1 aromatic heterocycles. The predicted octanol–water partition coefficient (Wildman–Crippen LogP) is 3.16. The maximum atomic E-state index is 6.04. The molecule has 0 unspecified atom stereocenters. The van der Waals surface area contributed by atoms with E-state index in [9.17, 15) is 0 Å². The molecule has 20 heavy (non-hydrogen) atoms. The van der Waals surface area contributed by atoms with E-state index in [1.807, 2.05) is 10.7 Å². The van der Waals surface area contributed by atoms with E-state index < -0.39 is 0 Å². The summed E-state index contributed by atoms with van der Waals surface area (Å²) < 4.78 is 1.86. The molecule has 1 aromatic carbocycles. The highest BCUT2D eigenvalue weighted by Gasteiger charge is 2.18. The molecule has 0 aliphatic heterocycles. The van der Waals surface area contributed by atoms with Crippen molar-refractivity contribution >= 4 is 17.3 Å². The molecule has 0 spiro atoms. The van der Waals surface area contributed by atoms with Crippen molar-refractivity contribution in [3.05, 3.63) is 23.2 Å². The fourth-order valence-electron chi connectivity index (χ4n) is 2.86. The lowest BCUT2D eigenvalue weighted by Crippen LogP contribution is -2.16. The molecule has 2 aromatic rings. The molecular formula is C14H18ClN5. The van der Waals surface area contributed by atoms with E-state index in [-0.39, 0.29) is 0 Å². The summed E-state index contributed by atoms with van der Waals surface area (Å²) in [6.07, 6.45) is 6.47. The van der Waals surface area contributed by atoms with Crippen molar-refractivity contribution in [2.24, 2.45) is 5.92 Å². The monoisotopic (exact) mass is 291 g/mol. The summed E-state index contributed by atoms with van der Waals surface area (Å²) in [5.74, 6) is 1.36. The van der Waals surface area contributed by atoms with Gasteiger partial charge in [-0.1, -0.05) is 30.9 Å². The number of nitrogen functional groups attached to an aromatic ring is 1. The molecule has 2 N–H and O–H groups in total. The third-order valence-corrected chi connectivity index (χ3v) is 4.18. The molecule has 1 heterocycles. The Labute approximate surface area is 123 Å². The summed E-state index contributed by atoms with van der Waals surface area (Å²) in [5.41, 5.74) is 7.47. The van der Waals surface area contributed by atoms with Crippen molar-refractivity contribution in [1.82, 2.24) is 20.2 Å². The third-order valence-electron chi connectivity index (χ3n) is 3.94. The van der Waals surface area contributed by atoms with Gasteiger partial charge in [-0.3, -0.25) is 0 Å². The Morgan fingerprint density at radius 2 is 2.05 bits per heavy atom. The fraction of sp³-hybridized carbons (Fsp3) is 0.500. The largest absolute Gasteiger partial charge is 0.398 e. The Balaban J connectivity index is 1.87. The summed E-state index contributed by atoms with van der Waals surface area (Å²) in [5, 5.41) is 12.7. The molecule has 1 aliphatic carbocycles. The van der Waals surface area contributed by atoms with E-state index in [0.29, 0.717) is 22.5 Å². The molecule has 3 rings (SSSR count). The lowest BCUT2D eigenvalue weighted by atomic mass is 9.89. The van der Waals surface area contributed by atoms with Crippen LogP contribution in [0.4, 0.5) is 5.69 Å². The summed E-state index contributed by atoms with van der Waals surface area (Å²) in [7, 11) is 0. The van der Waals surface area contributed by atoms with Crippen LogP contribution in [0.5, 0.6) is 0 Å². The molecule has 0 saturated heterocycles. The van der Waals surface area contributed by atoms with Crippen molar-refractivity contribution in [3.63, 3.8) is 0 Å². The first-order valence-corrected chi connectivity index (χ1v) is 7.43. The quantitative estimate of drug-likeness (QED) is 0.882. The van der Waals surface area contributed by atoms with Gasteiger partial charge in [-0.25, -0.2) is 4.68 Å². The highest BCUT2D eigenvalue weighted by molar-refractivity contribution is 6.31. The summed E-state index contributed by atoms with van der Waals surface area (Å²) in [6.45, 7) is 0.855. The Kier molecular flexibility index (Phi) is 3.87. The molecule has 1 saturated carbocycles. The first-order chi connectivity index (χ1) is 9.74. The molecule has 0 radical (unpaired) electrons. The topological polar surface area (TPSA) is 69.6 Å². The highest BCUT2D eigenvalue weighted by Crippen LogP contribution is 2.29. The second kappa shape index (κ2) is 5.79. The van der Waals surface area contributed by atoms with E-state index in [2.05, 4.69) is 15.5 Å². The van der Waals surface area contributed by atoms with Crippen molar-refractivity contribution in [1.29, 1.82) is 0 Å². The number of hydrogen-bond acceptors (Lipinski definition) is 4. The van der Waals surface area contributed by atoms with Gasteiger partial charge in [0.25, 0.3) is 0 Å². The number of nitrogens with two attached hydrogens (primary N) is 1. The van der Waals surface area contributed by atoms with Gasteiger partial charge >= 0.3 is 0 Å². The smallest absolute Gasteiger partial charge is 0.184 e. The number of hydrogen-bond donors (Lipinski definition) is 1. The van der Waals surface area contributed by atoms with Gasteiger partial charge in [-0.15, -0.1) is 5.10 Å². The minimum absolute atomic E-state index is 0.640. The molecule has 0 bridgehead atoms. The van der Waals surface area contributed by atoms with Crippen molar-refractivity contribution < 1.29 is 0 Å². The highest BCUT2D eigenvalue weighted by atomic mass is 35.5. The second-order valence-corrected chi connectivity index (χ2v) is 5.86. The number of nitrogens with zero attached hydrogens (tertiary/aromatic N) is 4. The average Bonchev–Trinajstić information content (AvgIpc) is 2.91. The number of benzene rings is 1. The zero-order chi connectivity index (χ0) is 13.9. The third kappa shape index (κ3) is 2.77. The SMILES string of the molecule is Nc1ccc(Cl)cc1-c1nnnn1CC1CCCCC1. The van der Waals surface area contributed by atoms with Gasteiger partial charge in [-0.05, 0) is 47.4 Å². The minimum Gasteiger partial charge on any atom is -0.398 e. The van der Waals surface area contributed by atoms with Gasteiger partial charge < -0.3 is 5.73 Å². The number of tetrazole rings is 1. The Bertz CT molecular complexity index is 589. The first kappa shape index (κ1) is 13.4. The van der Waals surface area contributed by atoms with Crippen molar-refractivity contribution in [2.45, 2.75) is 38.6 Å². The summed E-state index contributed by atoms with van der Waals surface area (Å²) >= 11 is 6.04. The summed E-state index contributed by atoms with van der Waals surface area (Å²) in [6, 6.07) is 5.38. The molecule has 106 valence electrons. The van der Waals surface area contributed by atoms with Crippen molar-refractivity contribution in [2.75, 3.05) is 5.73 Å². The standard InChI is InChI=1S/C14H18ClN5/c15-11-6-7-13(16)12(8-11)14-17-18-19-20(14)9-10-4-2-1-3-5-10/h6-8,10H,1-5,9,16H2. The van der Waals surface area contributed by atoms with Crippen LogP contribution < -0.4 is 5.73 Å². The van der Waals surface area contributed by atoms with E-state index in [1.165, 1.54) is 32.1 Å². The summed E-state index contributed by atoms with van der Waals surface area (Å²) in [4.78, 5) is 0. The Morgan fingerprint density at radius 3 is 2.85 bits per heavy atom. The van der Waals surface area contributed by atoms with Gasteiger partial charge in [0.05, 0.1) is 0 Å². The van der Waals surface area contributed by atoms with Gasteiger partial charge in [0.2, 0.25) is 0 Å². The van der Waals surface area contributed by atoms with Crippen LogP contribution in [-0.2, 0) is 6.54 Å². The predicted molar refractivity (Wildman–Crippen MR) is 79.3 cm³/mol. The zero-order valence-electron chi connectivity index (χ0n) is 11.3. The van der Waals surface area contributed by atoms with Crippen LogP contribution in [0.25, 0.3) is 11.4 Å². The molecule has 1 aliphatic rings. The Hall–Kier alpha value is -1.62. The second-order valence-electron chi connectivity index (χ2n) is 5.42. The first-order valence-electron chi connectivity index (χ1n) is 7.05. The zero-order valence-corrected chi connectivity index (χ0v) is 12.1. The lowest BCUT2D eigenvalue weighted by Gasteiger charge is -2.21. The fourth-order valence-corrected chi connectivity index (χ4v) is 3.03.